The second-order valence-electron chi connectivity index (χ2n) is 7.00. The lowest BCUT2D eigenvalue weighted by molar-refractivity contribution is -0.124. The number of amides is 1. The third-order valence-corrected chi connectivity index (χ3v) is 5.20. The van der Waals surface area contributed by atoms with Crippen LogP contribution >= 0.6 is 0 Å². The van der Waals surface area contributed by atoms with Gasteiger partial charge in [-0.1, -0.05) is 49.9 Å². The number of hydrogen-bond acceptors (Lipinski definition) is 3. The Morgan fingerprint density at radius 1 is 1.08 bits per heavy atom. The Morgan fingerprint density at radius 2 is 1.88 bits per heavy atom. The summed E-state index contributed by atoms with van der Waals surface area (Å²) in [6.45, 7) is 2.26. The van der Waals surface area contributed by atoms with Gasteiger partial charge in [-0.3, -0.25) is 4.79 Å². The molecule has 4 heteroatoms. The molecule has 2 aliphatic rings. The molecule has 1 aromatic rings. The lowest BCUT2D eigenvalue weighted by Gasteiger charge is -2.25. The molecule has 1 atom stereocenters. The van der Waals surface area contributed by atoms with Gasteiger partial charge in [-0.05, 0) is 30.4 Å². The fourth-order valence-electron chi connectivity index (χ4n) is 3.85. The van der Waals surface area contributed by atoms with Crippen LogP contribution < -0.4 is 10.6 Å². The topological polar surface area (TPSA) is 50.4 Å². The van der Waals surface area contributed by atoms with Crippen LogP contribution in [-0.2, 0) is 16.0 Å². The van der Waals surface area contributed by atoms with E-state index in [-0.39, 0.29) is 12.0 Å². The molecule has 0 spiro atoms. The molecular formula is C20H30N2O2. The molecule has 2 N–H and O–H groups in total. The number of nitrogens with one attached hydrogen (secondary N) is 2. The summed E-state index contributed by atoms with van der Waals surface area (Å²) in [6.07, 6.45) is 9.24. The van der Waals surface area contributed by atoms with Gasteiger partial charge < -0.3 is 15.4 Å². The van der Waals surface area contributed by atoms with Crippen molar-refractivity contribution >= 4 is 5.91 Å². The lowest BCUT2D eigenvalue weighted by Crippen LogP contribution is -2.37. The van der Waals surface area contributed by atoms with Crippen LogP contribution in [0.1, 0.15) is 62.2 Å². The van der Waals surface area contributed by atoms with Crippen molar-refractivity contribution in [3.05, 3.63) is 35.4 Å². The van der Waals surface area contributed by atoms with Gasteiger partial charge in [0.1, 0.15) is 0 Å². The number of benzene rings is 1. The molecule has 1 heterocycles. The minimum Gasteiger partial charge on any atom is -0.373 e. The maximum Gasteiger partial charge on any atom is 0.223 e. The predicted octanol–water partition coefficient (Wildman–Crippen LogP) is 3.12. The summed E-state index contributed by atoms with van der Waals surface area (Å²) in [6, 6.07) is 8.94. The summed E-state index contributed by atoms with van der Waals surface area (Å²) in [7, 11) is 0. The first kappa shape index (κ1) is 17.4. The summed E-state index contributed by atoms with van der Waals surface area (Å²) >= 11 is 0. The summed E-state index contributed by atoms with van der Waals surface area (Å²) in [4.78, 5) is 12.2. The molecule has 3 rings (SSSR count). The molecule has 0 aromatic heterocycles. The molecule has 1 saturated carbocycles. The quantitative estimate of drug-likeness (QED) is 0.622. The Balaban J connectivity index is 1.37. The van der Waals surface area contributed by atoms with Crippen molar-refractivity contribution in [3.63, 3.8) is 0 Å². The number of rotatable bonds is 6. The lowest BCUT2D eigenvalue weighted by atomic mass is 9.96. The minimum atomic E-state index is -0.0928. The number of ether oxygens (including phenoxy) is 1. The largest absolute Gasteiger partial charge is 0.373 e. The Hall–Kier alpha value is -1.39. The van der Waals surface area contributed by atoms with Crippen molar-refractivity contribution in [2.24, 2.45) is 0 Å². The molecular weight excluding hydrogens is 300 g/mol. The van der Waals surface area contributed by atoms with E-state index in [0.29, 0.717) is 25.6 Å². The smallest absolute Gasteiger partial charge is 0.223 e. The molecule has 4 nitrogen and oxygen atoms in total. The molecule has 24 heavy (non-hydrogen) atoms. The maximum atomic E-state index is 12.2. The number of fused-ring (bicyclic) bond motifs is 1. The average molecular weight is 330 g/mol. The van der Waals surface area contributed by atoms with Crippen LogP contribution in [0, 0.1) is 0 Å². The Morgan fingerprint density at radius 3 is 2.71 bits per heavy atom. The fourth-order valence-corrected chi connectivity index (χ4v) is 3.85. The highest BCUT2D eigenvalue weighted by Gasteiger charge is 2.22. The molecule has 1 aliphatic carbocycles. The standard InChI is InChI=1S/C20H30N2O2/c23-20(22-13-12-21-17-8-3-1-2-4-9-17)15-19-18-10-6-5-7-16(18)11-14-24-19/h5-7,10,17,19,21H,1-4,8-9,11-15H2,(H,22,23). The first-order chi connectivity index (χ1) is 11.8. The summed E-state index contributed by atoms with van der Waals surface area (Å²) in [5, 5.41) is 6.62. The molecule has 1 amide bonds. The second-order valence-corrected chi connectivity index (χ2v) is 7.00. The molecule has 1 fully saturated rings. The van der Waals surface area contributed by atoms with Crippen molar-refractivity contribution in [1.29, 1.82) is 0 Å². The Bertz CT molecular complexity index is 524. The summed E-state index contributed by atoms with van der Waals surface area (Å²) in [5.41, 5.74) is 2.49. The van der Waals surface area contributed by atoms with Crippen LogP contribution in [0.4, 0.5) is 0 Å². The van der Waals surface area contributed by atoms with Crippen molar-refractivity contribution in [2.75, 3.05) is 19.7 Å². The van der Waals surface area contributed by atoms with E-state index in [9.17, 15) is 4.79 Å². The van der Waals surface area contributed by atoms with Crippen LogP contribution in [0.5, 0.6) is 0 Å². The highest BCUT2D eigenvalue weighted by Crippen LogP contribution is 2.29. The van der Waals surface area contributed by atoms with Gasteiger partial charge in [0.2, 0.25) is 5.91 Å². The van der Waals surface area contributed by atoms with Gasteiger partial charge in [0.15, 0.2) is 0 Å². The van der Waals surface area contributed by atoms with Crippen LogP contribution in [0.25, 0.3) is 0 Å². The van der Waals surface area contributed by atoms with Gasteiger partial charge in [-0.25, -0.2) is 0 Å². The summed E-state index contributed by atoms with van der Waals surface area (Å²) < 4.78 is 5.81. The number of hydrogen-bond donors (Lipinski definition) is 2. The zero-order chi connectivity index (χ0) is 16.6. The van der Waals surface area contributed by atoms with Crippen LogP contribution in [0.15, 0.2) is 24.3 Å². The molecule has 0 saturated heterocycles. The normalized spacial score (nSPS) is 21.8. The SMILES string of the molecule is O=C(CC1OCCc2ccccc21)NCCNC1CCCCCC1. The van der Waals surface area contributed by atoms with Gasteiger partial charge in [0.05, 0.1) is 19.1 Å². The van der Waals surface area contributed by atoms with Crippen LogP contribution in [0.2, 0.25) is 0 Å². The molecule has 1 aliphatic heterocycles. The van der Waals surface area contributed by atoms with Gasteiger partial charge in [0.25, 0.3) is 0 Å². The van der Waals surface area contributed by atoms with Crippen molar-refractivity contribution in [3.8, 4) is 0 Å². The van der Waals surface area contributed by atoms with E-state index < -0.39 is 0 Å². The third kappa shape index (κ3) is 5.05. The predicted molar refractivity (Wildman–Crippen MR) is 96.0 cm³/mol. The highest BCUT2D eigenvalue weighted by molar-refractivity contribution is 5.76. The maximum absolute atomic E-state index is 12.2. The third-order valence-electron chi connectivity index (χ3n) is 5.20. The van der Waals surface area contributed by atoms with Crippen molar-refractivity contribution in [2.45, 2.75) is 63.5 Å². The number of carbonyl (C=O) groups is 1. The van der Waals surface area contributed by atoms with Crippen molar-refractivity contribution < 1.29 is 9.53 Å². The molecule has 1 unspecified atom stereocenters. The van der Waals surface area contributed by atoms with E-state index in [1.54, 1.807) is 0 Å². The molecule has 1 aromatic carbocycles. The van der Waals surface area contributed by atoms with Gasteiger partial charge in [-0.15, -0.1) is 0 Å². The van der Waals surface area contributed by atoms with E-state index in [4.69, 9.17) is 4.74 Å². The highest BCUT2D eigenvalue weighted by atomic mass is 16.5. The molecule has 132 valence electrons. The van der Waals surface area contributed by atoms with Gasteiger partial charge in [0, 0.05) is 19.1 Å². The first-order valence-corrected chi connectivity index (χ1v) is 9.52. The van der Waals surface area contributed by atoms with Gasteiger partial charge in [-0.2, -0.15) is 0 Å². The summed E-state index contributed by atoms with van der Waals surface area (Å²) in [5.74, 6) is 0.0827. The van der Waals surface area contributed by atoms with Crippen LogP contribution in [0.3, 0.4) is 0 Å². The van der Waals surface area contributed by atoms with E-state index in [1.165, 1.54) is 49.7 Å². The van der Waals surface area contributed by atoms with Crippen LogP contribution in [-0.4, -0.2) is 31.6 Å². The van der Waals surface area contributed by atoms with Crippen molar-refractivity contribution in [1.82, 2.24) is 10.6 Å². The monoisotopic (exact) mass is 330 g/mol. The molecule has 0 bridgehead atoms. The Kier molecular flexibility index (Phi) is 6.67. The second kappa shape index (κ2) is 9.19. The fraction of sp³-hybridized carbons (Fsp3) is 0.650. The van der Waals surface area contributed by atoms with Gasteiger partial charge >= 0.3 is 0 Å². The van der Waals surface area contributed by atoms with E-state index in [2.05, 4.69) is 28.8 Å². The van der Waals surface area contributed by atoms with E-state index in [0.717, 1.165) is 13.0 Å². The number of carbonyl (C=O) groups excluding carboxylic acids is 1. The average Bonchev–Trinajstić information content (AvgIpc) is 2.88. The zero-order valence-electron chi connectivity index (χ0n) is 14.6. The Labute approximate surface area is 145 Å². The molecule has 0 radical (unpaired) electrons. The zero-order valence-corrected chi connectivity index (χ0v) is 14.6. The van der Waals surface area contributed by atoms with E-state index in [1.807, 2.05) is 6.07 Å². The minimum absolute atomic E-state index is 0.0827. The van der Waals surface area contributed by atoms with E-state index >= 15 is 0 Å². The first-order valence-electron chi connectivity index (χ1n) is 9.52.